The van der Waals surface area contributed by atoms with E-state index in [2.05, 4.69) is 40.2 Å². The molecule has 1 aromatic carbocycles. The zero-order valence-electron chi connectivity index (χ0n) is 9.20. The van der Waals surface area contributed by atoms with E-state index in [1.165, 1.54) is 5.56 Å². The van der Waals surface area contributed by atoms with Crippen LogP contribution in [-0.4, -0.2) is 14.5 Å². The van der Waals surface area contributed by atoms with Gasteiger partial charge < -0.3 is 4.98 Å². The molecule has 0 amide bonds. The number of fused-ring (bicyclic) bond motifs is 5. The summed E-state index contributed by atoms with van der Waals surface area (Å²) in [6.07, 6.45) is 5.33. The molecule has 0 unspecified atom stereocenters. The lowest BCUT2D eigenvalue weighted by Crippen LogP contribution is -2.28. The molecule has 0 saturated heterocycles. The Bertz CT molecular complexity index is 855. The Balaban J connectivity index is 2.33. The molecule has 3 aromatic heterocycles. The lowest BCUT2D eigenvalue weighted by atomic mass is 10.2. The van der Waals surface area contributed by atoms with Gasteiger partial charge in [-0.1, -0.05) is 16.3 Å². The van der Waals surface area contributed by atoms with Gasteiger partial charge in [0.1, 0.15) is 5.65 Å². The number of hydrogen-bond acceptors (Lipinski definition) is 2. The molecule has 3 heterocycles. The molecule has 5 heteroatoms. The first-order chi connectivity index (χ1) is 8.33. The third-order valence-corrected chi connectivity index (χ3v) is 2.93. The van der Waals surface area contributed by atoms with Crippen molar-refractivity contribution < 1.29 is 4.63 Å². The SMILES string of the molecule is Cc1ccc2c[n+]3[n-]c4nccnc4n3c2c1. The standard InChI is InChI=1S/C12H9N5/c1-8-2-3-9-7-16-15-11-12(14-5-4-13-11)17(16)10(9)6-8/h2-7H,1H3. The van der Waals surface area contributed by atoms with Crippen molar-refractivity contribution in [3.8, 4) is 0 Å². The Morgan fingerprint density at radius 3 is 3.06 bits per heavy atom. The zero-order valence-corrected chi connectivity index (χ0v) is 9.20. The van der Waals surface area contributed by atoms with Crippen LogP contribution in [0.25, 0.3) is 22.2 Å². The maximum atomic E-state index is 4.39. The summed E-state index contributed by atoms with van der Waals surface area (Å²) in [5.74, 6) is 0. The highest BCUT2D eigenvalue weighted by atomic mass is 15.5. The van der Waals surface area contributed by atoms with Gasteiger partial charge >= 0.3 is 0 Å². The third-order valence-electron chi connectivity index (χ3n) is 2.93. The van der Waals surface area contributed by atoms with E-state index in [9.17, 15) is 0 Å². The van der Waals surface area contributed by atoms with E-state index in [0.717, 1.165) is 16.6 Å². The van der Waals surface area contributed by atoms with E-state index in [1.54, 1.807) is 17.0 Å². The van der Waals surface area contributed by atoms with Gasteiger partial charge in [0.15, 0.2) is 5.65 Å². The molecule has 0 bridgehead atoms. The van der Waals surface area contributed by atoms with Crippen LogP contribution in [0.2, 0.25) is 0 Å². The largest absolute Gasteiger partial charge is 0.361 e. The first kappa shape index (κ1) is 8.69. The Labute approximate surface area is 96.3 Å². The maximum Gasteiger partial charge on any atom is 0.211 e. The van der Waals surface area contributed by atoms with E-state index >= 15 is 0 Å². The minimum atomic E-state index is 0.663. The van der Waals surface area contributed by atoms with Gasteiger partial charge in [0, 0.05) is 6.20 Å². The van der Waals surface area contributed by atoms with Gasteiger partial charge in [-0.25, -0.2) is 4.98 Å². The summed E-state index contributed by atoms with van der Waals surface area (Å²) in [7, 11) is 0. The van der Waals surface area contributed by atoms with E-state index in [4.69, 9.17) is 0 Å². The molecule has 0 atom stereocenters. The van der Waals surface area contributed by atoms with Crippen LogP contribution in [0.15, 0.2) is 36.8 Å². The summed E-state index contributed by atoms with van der Waals surface area (Å²) >= 11 is 0. The van der Waals surface area contributed by atoms with Crippen LogP contribution < -0.4 is 9.73 Å². The molecule has 0 fully saturated rings. The van der Waals surface area contributed by atoms with Crippen molar-refractivity contribution >= 4 is 22.2 Å². The molecule has 0 saturated carbocycles. The molecular formula is C12H9N5. The minimum Gasteiger partial charge on any atom is -0.361 e. The van der Waals surface area contributed by atoms with Crippen LogP contribution in [0.3, 0.4) is 0 Å². The molecule has 5 nitrogen and oxygen atoms in total. The zero-order chi connectivity index (χ0) is 11.4. The summed E-state index contributed by atoms with van der Waals surface area (Å²) in [5, 5.41) is 5.54. The van der Waals surface area contributed by atoms with Crippen LogP contribution in [-0.2, 0) is 0 Å². The topological polar surface area (TPSA) is 48.4 Å². The van der Waals surface area contributed by atoms with E-state index < -0.39 is 0 Å². The fourth-order valence-electron chi connectivity index (χ4n) is 2.16. The second-order valence-electron chi connectivity index (χ2n) is 4.13. The average molecular weight is 223 g/mol. The Morgan fingerprint density at radius 2 is 2.12 bits per heavy atom. The van der Waals surface area contributed by atoms with Gasteiger partial charge in [-0.3, -0.25) is 0 Å². The highest BCUT2D eigenvalue weighted by molar-refractivity contribution is 5.81. The molecule has 0 N–H and O–H groups in total. The smallest absolute Gasteiger partial charge is 0.211 e. The average Bonchev–Trinajstić information content (AvgIpc) is 2.84. The lowest BCUT2D eigenvalue weighted by Gasteiger charge is -1.94. The number of rotatable bonds is 0. The Kier molecular flexibility index (Phi) is 1.44. The van der Waals surface area contributed by atoms with E-state index in [1.807, 2.05) is 10.7 Å². The van der Waals surface area contributed by atoms with Crippen molar-refractivity contribution in [1.29, 1.82) is 0 Å². The molecule has 4 rings (SSSR count). The van der Waals surface area contributed by atoms with Crippen molar-refractivity contribution in [2.75, 3.05) is 0 Å². The highest BCUT2D eigenvalue weighted by Crippen LogP contribution is 2.15. The van der Waals surface area contributed by atoms with Gasteiger partial charge in [0.05, 0.1) is 10.9 Å². The monoisotopic (exact) mass is 223 g/mol. The van der Waals surface area contributed by atoms with Gasteiger partial charge in [-0.05, 0) is 25.3 Å². The van der Waals surface area contributed by atoms with Crippen LogP contribution in [0.1, 0.15) is 5.56 Å². The van der Waals surface area contributed by atoms with Gasteiger partial charge in [0.25, 0.3) is 0 Å². The van der Waals surface area contributed by atoms with Crippen molar-refractivity contribution in [3.63, 3.8) is 0 Å². The molecular weight excluding hydrogens is 214 g/mol. The second-order valence-corrected chi connectivity index (χ2v) is 4.13. The lowest BCUT2D eigenvalue weighted by molar-refractivity contribution is -0.671. The molecule has 0 spiro atoms. The van der Waals surface area contributed by atoms with Gasteiger partial charge in [-0.2, -0.15) is 4.52 Å². The molecule has 0 aliphatic rings. The van der Waals surface area contributed by atoms with Crippen LogP contribution >= 0.6 is 0 Å². The summed E-state index contributed by atoms with van der Waals surface area (Å²) < 4.78 is 3.76. The number of aromatic nitrogens is 5. The van der Waals surface area contributed by atoms with E-state index in [0.29, 0.717) is 5.65 Å². The number of aryl methyl sites for hydroxylation is 1. The quantitative estimate of drug-likeness (QED) is 0.416. The minimum absolute atomic E-state index is 0.663. The first-order valence-corrected chi connectivity index (χ1v) is 5.40. The summed E-state index contributed by atoms with van der Waals surface area (Å²) in [6.45, 7) is 2.08. The summed E-state index contributed by atoms with van der Waals surface area (Å²) in [6, 6.07) is 6.32. The van der Waals surface area contributed by atoms with Gasteiger partial charge in [0.2, 0.25) is 6.20 Å². The fourth-order valence-corrected chi connectivity index (χ4v) is 2.16. The van der Waals surface area contributed by atoms with Crippen molar-refractivity contribution in [2.45, 2.75) is 6.92 Å². The van der Waals surface area contributed by atoms with Crippen molar-refractivity contribution in [2.24, 2.45) is 0 Å². The molecule has 4 aromatic rings. The summed E-state index contributed by atoms with van der Waals surface area (Å²) in [4.78, 5) is 8.54. The van der Waals surface area contributed by atoms with Gasteiger partial charge in [-0.15, -0.1) is 5.10 Å². The van der Waals surface area contributed by atoms with E-state index in [-0.39, 0.29) is 0 Å². The van der Waals surface area contributed by atoms with Crippen LogP contribution in [0.5, 0.6) is 0 Å². The highest BCUT2D eigenvalue weighted by Gasteiger charge is 2.11. The van der Waals surface area contributed by atoms with Crippen molar-refractivity contribution in [1.82, 2.24) is 19.6 Å². The number of nitrogens with zero attached hydrogens (tertiary/aromatic N) is 5. The second kappa shape index (κ2) is 2.82. The number of benzene rings is 1. The Hall–Kier alpha value is -2.43. The molecule has 17 heavy (non-hydrogen) atoms. The predicted molar refractivity (Wildman–Crippen MR) is 61.7 cm³/mol. The van der Waals surface area contributed by atoms with Crippen LogP contribution in [0, 0.1) is 6.92 Å². The predicted octanol–water partition coefficient (Wildman–Crippen LogP) is 0.887. The maximum absolute atomic E-state index is 4.39. The molecule has 0 aliphatic carbocycles. The normalized spacial score (nSPS) is 11.8. The first-order valence-electron chi connectivity index (χ1n) is 5.40. The third kappa shape index (κ3) is 1.05. The molecule has 82 valence electrons. The van der Waals surface area contributed by atoms with Crippen molar-refractivity contribution in [3.05, 3.63) is 42.4 Å². The molecule has 0 radical (unpaired) electrons. The summed E-state index contributed by atoms with van der Waals surface area (Å²) in [5.41, 5.74) is 3.77. The van der Waals surface area contributed by atoms with Crippen LogP contribution in [0.4, 0.5) is 0 Å². The Morgan fingerprint density at radius 1 is 1.24 bits per heavy atom. The molecule has 0 aliphatic heterocycles. The fraction of sp³-hybridized carbons (Fsp3) is 0.0833. The number of hydrogen-bond donors (Lipinski definition) is 0.